The summed E-state index contributed by atoms with van der Waals surface area (Å²) in [7, 11) is -8.62. The van der Waals surface area contributed by atoms with Crippen molar-refractivity contribution in [2.45, 2.75) is 139 Å². The molecule has 0 spiro atoms. The van der Waals surface area contributed by atoms with E-state index in [2.05, 4.69) is 13.8 Å². The van der Waals surface area contributed by atoms with Crippen molar-refractivity contribution in [3.8, 4) is 0 Å². The molecule has 9 heteroatoms. The molecular formula is C32H50CaO6S2. The van der Waals surface area contributed by atoms with E-state index in [4.69, 9.17) is 0 Å². The molecule has 0 unspecified atom stereocenters. The molecule has 0 amide bonds. The van der Waals surface area contributed by atoms with Crippen molar-refractivity contribution in [2.24, 2.45) is 0 Å². The third-order valence-corrected chi connectivity index (χ3v) is 8.76. The fourth-order valence-electron chi connectivity index (χ4n) is 4.57. The van der Waals surface area contributed by atoms with Crippen molar-refractivity contribution in [3.63, 3.8) is 0 Å². The molecule has 0 atom stereocenters. The average Bonchev–Trinajstić information content (AvgIpc) is 2.91. The summed E-state index contributed by atoms with van der Waals surface area (Å²) in [6, 6.07) is 12.6. The largest absolute Gasteiger partial charge is 2.00 e. The molecule has 228 valence electrons. The first-order chi connectivity index (χ1) is 19.1. The van der Waals surface area contributed by atoms with Crippen LogP contribution in [0.3, 0.4) is 0 Å². The number of hydrogen-bond acceptors (Lipinski definition) is 6. The molecule has 0 radical (unpaired) electrons. The molecule has 0 aromatic heterocycles. The van der Waals surface area contributed by atoms with Gasteiger partial charge in [-0.25, -0.2) is 16.8 Å². The number of hydrogen-bond donors (Lipinski definition) is 0. The van der Waals surface area contributed by atoms with Crippen LogP contribution in [0.5, 0.6) is 0 Å². The maximum absolute atomic E-state index is 10.8. The Labute approximate surface area is 280 Å². The van der Waals surface area contributed by atoms with Gasteiger partial charge in [-0.3, -0.25) is 0 Å². The van der Waals surface area contributed by atoms with Gasteiger partial charge >= 0.3 is 37.7 Å². The molecule has 41 heavy (non-hydrogen) atoms. The number of aryl methyl sites for hydroxylation is 2. The van der Waals surface area contributed by atoms with Gasteiger partial charge in [-0.1, -0.05) is 128 Å². The summed E-state index contributed by atoms with van der Waals surface area (Å²) in [5.41, 5.74) is 2.20. The van der Waals surface area contributed by atoms with Crippen LogP contribution >= 0.6 is 0 Å². The molecular weight excluding hydrogens is 585 g/mol. The van der Waals surface area contributed by atoms with Gasteiger partial charge in [0.1, 0.15) is 20.2 Å². The van der Waals surface area contributed by atoms with Gasteiger partial charge in [0.25, 0.3) is 0 Å². The van der Waals surface area contributed by atoms with Gasteiger partial charge in [0, 0.05) is 0 Å². The SMILES string of the molecule is CCCCCCCCCCc1ccc(S(=O)(=O)[O-])cc1.CCCCCCCCCCc1ccc(S(=O)(=O)[O-])cc1.[Ca+2]. The van der Waals surface area contributed by atoms with Crippen LogP contribution in [0, 0.1) is 0 Å². The zero-order chi connectivity index (χ0) is 29.7. The summed E-state index contributed by atoms with van der Waals surface area (Å²) in [4.78, 5) is -0.283. The van der Waals surface area contributed by atoms with Gasteiger partial charge in [0.15, 0.2) is 0 Å². The second kappa shape index (κ2) is 23.9. The summed E-state index contributed by atoms with van der Waals surface area (Å²) < 4.78 is 64.8. The van der Waals surface area contributed by atoms with Crippen molar-refractivity contribution in [1.82, 2.24) is 0 Å². The summed E-state index contributed by atoms with van der Waals surface area (Å²) in [5.74, 6) is 0. The fourth-order valence-corrected chi connectivity index (χ4v) is 5.51. The first kappa shape index (κ1) is 40.5. The van der Waals surface area contributed by atoms with E-state index in [0.29, 0.717) is 0 Å². The molecule has 2 aromatic rings. The zero-order valence-corrected chi connectivity index (χ0v) is 29.2. The summed E-state index contributed by atoms with van der Waals surface area (Å²) in [6.45, 7) is 4.45. The van der Waals surface area contributed by atoms with Gasteiger partial charge in [-0.2, -0.15) is 0 Å². The van der Waals surface area contributed by atoms with Gasteiger partial charge in [0.05, 0.1) is 9.79 Å². The second-order valence-corrected chi connectivity index (χ2v) is 13.4. The maximum atomic E-state index is 10.8. The van der Waals surface area contributed by atoms with Crippen LogP contribution in [0.15, 0.2) is 58.3 Å². The van der Waals surface area contributed by atoms with Crippen LogP contribution in [0.4, 0.5) is 0 Å². The minimum absolute atomic E-state index is 0. The van der Waals surface area contributed by atoms with Crippen LogP contribution in [0.25, 0.3) is 0 Å². The van der Waals surface area contributed by atoms with Gasteiger partial charge in [0.2, 0.25) is 0 Å². The van der Waals surface area contributed by atoms with Crippen LogP contribution in [0.2, 0.25) is 0 Å². The Morgan fingerprint density at radius 2 is 0.683 bits per heavy atom. The molecule has 0 saturated carbocycles. The standard InChI is InChI=1S/2C16H26O3S.Ca/c2*1-2-3-4-5-6-7-8-9-10-15-11-13-16(14-12-15)20(17,18)19;/h2*11-14H,2-10H2,1H3,(H,17,18,19);/q;;+2/p-2. The van der Waals surface area contributed by atoms with Crippen molar-refractivity contribution in [2.75, 3.05) is 0 Å². The van der Waals surface area contributed by atoms with E-state index in [-0.39, 0.29) is 47.5 Å². The van der Waals surface area contributed by atoms with E-state index >= 15 is 0 Å². The van der Waals surface area contributed by atoms with E-state index in [1.807, 2.05) is 0 Å². The van der Waals surface area contributed by atoms with Gasteiger partial charge in [-0.05, 0) is 61.1 Å². The third kappa shape index (κ3) is 21.0. The van der Waals surface area contributed by atoms with Crippen LogP contribution in [-0.2, 0) is 33.1 Å². The van der Waals surface area contributed by atoms with Crippen LogP contribution < -0.4 is 0 Å². The second-order valence-electron chi connectivity index (χ2n) is 10.6. The van der Waals surface area contributed by atoms with Crippen LogP contribution in [0.1, 0.15) is 128 Å². The Bertz CT molecular complexity index is 1020. The first-order valence-corrected chi connectivity index (χ1v) is 18.0. The molecule has 0 saturated heterocycles. The minimum Gasteiger partial charge on any atom is -0.744 e. The van der Waals surface area contributed by atoms with E-state index in [0.717, 1.165) is 36.8 Å². The molecule has 0 fully saturated rings. The molecule has 6 nitrogen and oxygen atoms in total. The predicted octanol–water partition coefficient (Wildman–Crippen LogP) is 8.17. The van der Waals surface area contributed by atoms with Gasteiger partial charge < -0.3 is 9.11 Å². The molecule has 2 rings (SSSR count). The molecule has 0 aliphatic rings. The molecule has 0 N–H and O–H groups in total. The Morgan fingerprint density at radius 1 is 0.439 bits per heavy atom. The van der Waals surface area contributed by atoms with E-state index in [1.54, 1.807) is 24.3 Å². The van der Waals surface area contributed by atoms with Crippen LogP contribution in [-0.4, -0.2) is 63.7 Å². The number of unbranched alkanes of at least 4 members (excludes halogenated alkanes) is 14. The average molecular weight is 635 g/mol. The quantitative estimate of drug-likeness (QED) is 0.0824. The predicted molar refractivity (Wildman–Crippen MR) is 167 cm³/mol. The number of benzene rings is 2. The normalized spacial score (nSPS) is 11.4. The Kier molecular flexibility index (Phi) is 23.6. The molecule has 0 aliphatic carbocycles. The Hall–Kier alpha value is -0.480. The smallest absolute Gasteiger partial charge is 0.744 e. The third-order valence-electron chi connectivity index (χ3n) is 7.06. The van der Waals surface area contributed by atoms with Crippen molar-refractivity contribution in [1.29, 1.82) is 0 Å². The van der Waals surface area contributed by atoms with E-state index in [1.165, 1.54) is 114 Å². The molecule has 0 heterocycles. The van der Waals surface area contributed by atoms with Crippen molar-refractivity contribution >= 4 is 58.0 Å². The molecule has 0 aliphatic heterocycles. The summed E-state index contributed by atoms with van der Waals surface area (Å²) in [6.07, 6.45) is 22.4. The first-order valence-electron chi connectivity index (χ1n) is 15.2. The van der Waals surface area contributed by atoms with Gasteiger partial charge in [-0.15, -0.1) is 0 Å². The summed E-state index contributed by atoms with van der Waals surface area (Å²) in [5, 5.41) is 0. The molecule has 2 aromatic carbocycles. The van der Waals surface area contributed by atoms with Crippen molar-refractivity contribution in [3.05, 3.63) is 59.7 Å². The van der Waals surface area contributed by atoms with E-state index < -0.39 is 20.2 Å². The Balaban J connectivity index is 0.000000762. The Morgan fingerprint density at radius 3 is 0.927 bits per heavy atom. The topological polar surface area (TPSA) is 114 Å². The zero-order valence-electron chi connectivity index (χ0n) is 25.3. The number of rotatable bonds is 20. The fraction of sp³-hybridized carbons (Fsp3) is 0.625. The molecule has 0 bridgehead atoms. The maximum Gasteiger partial charge on any atom is 2.00 e. The monoisotopic (exact) mass is 634 g/mol. The minimum atomic E-state index is -4.31. The van der Waals surface area contributed by atoms with Crippen molar-refractivity contribution < 1.29 is 25.9 Å². The van der Waals surface area contributed by atoms with E-state index in [9.17, 15) is 25.9 Å². The summed E-state index contributed by atoms with van der Waals surface area (Å²) >= 11 is 0.